The molecule has 1 aromatic rings. The minimum Gasteiger partial charge on any atom is -0.378 e. The molecule has 1 saturated heterocycles. The second-order valence-corrected chi connectivity index (χ2v) is 4.73. The lowest BCUT2D eigenvalue weighted by Crippen LogP contribution is -2.50. The maximum absolute atomic E-state index is 13.5. The number of benzene rings is 1. The van der Waals surface area contributed by atoms with E-state index in [-0.39, 0.29) is 5.91 Å². The van der Waals surface area contributed by atoms with Crippen molar-refractivity contribution in [3.63, 3.8) is 0 Å². The van der Waals surface area contributed by atoms with Crippen LogP contribution in [0.15, 0.2) is 18.2 Å². The van der Waals surface area contributed by atoms with Gasteiger partial charge < -0.3 is 15.0 Å². The highest BCUT2D eigenvalue weighted by molar-refractivity contribution is 5.97. The number of halogens is 2. The van der Waals surface area contributed by atoms with E-state index in [4.69, 9.17) is 4.74 Å². The summed E-state index contributed by atoms with van der Waals surface area (Å²) in [7, 11) is 0. The minimum absolute atomic E-state index is 0.275. The summed E-state index contributed by atoms with van der Waals surface area (Å²) < 4.78 is 31.7. The zero-order valence-electron chi connectivity index (χ0n) is 11.6. The van der Waals surface area contributed by atoms with Crippen molar-refractivity contribution < 1.29 is 23.1 Å². The summed E-state index contributed by atoms with van der Waals surface area (Å²) in [4.78, 5) is 25.6. The summed E-state index contributed by atoms with van der Waals surface area (Å²) in [5, 5.41) is 2.38. The van der Waals surface area contributed by atoms with Gasteiger partial charge in [-0.05, 0) is 19.1 Å². The van der Waals surface area contributed by atoms with Crippen LogP contribution in [0.2, 0.25) is 0 Å². The quantitative estimate of drug-likeness (QED) is 0.903. The molecule has 0 radical (unpaired) electrons. The van der Waals surface area contributed by atoms with Crippen LogP contribution < -0.4 is 5.32 Å². The van der Waals surface area contributed by atoms with Crippen LogP contribution in [0.25, 0.3) is 0 Å². The van der Waals surface area contributed by atoms with Crippen molar-refractivity contribution in [2.75, 3.05) is 26.3 Å². The van der Waals surface area contributed by atoms with E-state index in [2.05, 4.69) is 5.32 Å². The third-order valence-corrected chi connectivity index (χ3v) is 3.24. The van der Waals surface area contributed by atoms with Crippen molar-refractivity contribution in [2.45, 2.75) is 13.0 Å². The normalized spacial score (nSPS) is 16.4. The van der Waals surface area contributed by atoms with E-state index in [1.807, 2.05) is 0 Å². The number of nitrogens with zero attached hydrogens (tertiary/aromatic N) is 1. The molecule has 2 amide bonds. The molecule has 0 bridgehead atoms. The lowest BCUT2D eigenvalue weighted by molar-refractivity contribution is -0.136. The topological polar surface area (TPSA) is 58.6 Å². The van der Waals surface area contributed by atoms with Crippen LogP contribution in [0, 0.1) is 11.6 Å². The predicted octanol–water partition coefficient (Wildman–Crippen LogP) is 0.942. The summed E-state index contributed by atoms with van der Waals surface area (Å²) in [6, 6.07) is 2.51. The summed E-state index contributed by atoms with van der Waals surface area (Å²) >= 11 is 0. The Morgan fingerprint density at radius 1 is 1.29 bits per heavy atom. The van der Waals surface area contributed by atoms with Gasteiger partial charge in [-0.15, -0.1) is 0 Å². The van der Waals surface area contributed by atoms with Gasteiger partial charge in [0, 0.05) is 13.1 Å². The van der Waals surface area contributed by atoms with E-state index in [0.717, 1.165) is 6.07 Å². The van der Waals surface area contributed by atoms with Gasteiger partial charge in [0.25, 0.3) is 5.91 Å². The van der Waals surface area contributed by atoms with Crippen LogP contribution in [0.1, 0.15) is 17.3 Å². The average Bonchev–Trinajstić information content (AvgIpc) is 2.50. The van der Waals surface area contributed by atoms with Crippen LogP contribution >= 0.6 is 0 Å². The number of rotatable bonds is 3. The maximum atomic E-state index is 13.5. The first kappa shape index (κ1) is 15.4. The number of carbonyl (C=O) groups is 2. The number of hydrogen-bond donors (Lipinski definition) is 1. The molecular formula is C14H16F2N2O3. The van der Waals surface area contributed by atoms with Gasteiger partial charge in [-0.25, -0.2) is 8.78 Å². The maximum Gasteiger partial charge on any atom is 0.255 e. The molecule has 0 spiro atoms. The fourth-order valence-corrected chi connectivity index (χ4v) is 2.07. The summed E-state index contributed by atoms with van der Waals surface area (Å²) in [6.45, 7) is 3.31. The standard InChI is InChI=1S/C14H16F2N2O3/c1-9(14(20)18-5-7-21-8-6-18)17-13(19)10-3-2-4-11(15)12(10)16/h2-4,9H,5-8H2,1H3,(H,17,19). The van der Waals surface area contributed by atoms with Crippen molar-refractivity contribution in [2.24, 2.45) is 0 Å². The Morgan fingerprint density at radius 2 is 1.95 bits per heavy atom. The second-order valence-electron chi connectivity index (χ2n) is 4.73. The fraction of sp³-hybridized carbons (Fsp3) is 0.429. The van der Waals surface area contributed by atoms with Crippen molar-refractivity contribution in [3.8, 4) is 0 Å². The zero-order valence-corrected chi connectivity index (χ0v) is 11.6. The van der Waals surface area contributed by atoms with E-state index >= 15 is 0 Å². The van der Waals surface area contributed by atoms with E-state index in [9.17, 15) is 18.4 Å². The number of carbonyl (C=O) groups excluding carboxylic acids is 2. The van der Waals surface area contributed by atoms with Crippen LogP contribution in [0.3, 0.4) is 0 Å². The Hall–Kier alpha value is -2.02. The van der Waals surface area contributed by atoms with Gasteiger partial charge in [0.05, 0.1) is 18.8 Å². The summed E-state index contributed by atoms with van der Waals surface area (Å²) in [6.07, 6.45) is 0. The fourth-order valence-electron chi connectivity index (χ4n) is 2.07. The van der Waals surface area contributed by atoms with E-state index < -0.39 is 29.1 Å². The Morgan fingerprint density at radius 3 is 2.62 bits per heavy atom. The number of morpholine rings is 1. The van der Waals surface area contributed by atoms with Gasteiger partial charge in [-0.2, -0.15) is 0 Å². The number of hydrogen-bond acceptors (Lipinski definition) is 3. The molecule has 1 aromatic carbocycles. The van der Waals surface area contributed by atoms with Gasteiger partial charge in [0.2, 0.25) is 5.91 Å². The highest BCUT2D eigenvalue weighted by Crippen LogP contribution is 2.11. The number of amides is 2. The molecule has 2 rings (SSSR count). The third kappa shape index (κ3) is 3.55. The molecule has 1 aliphatic rings. The molecule has 5 nitrogen and oxygen atoms in total. The molecule has 0 aromatic heterocycles. The Balaban J connectivity index is 2.01. The van der Waals surface area contributed by atoms with E-state index in [1.165, 1.54) is 19.1 Å². The Bertz CT molecular complexity index is 545. The molecule has 1 atom stereocenters. The summed E-state index contributed by atoms with van der Waals surface area (Å²) in [5.74, 6) is -3.42. The zero-order chi connectivity index (χ0) is 15.4. The highest BCUT2D eigenvalue weighted by Gasteiger charge is 2.25. The average molecular weight is 298 g/mol. The van der Waals surface area contributed by atoms with Gasteiger partial charge in [-0.3, -0.25) is 9.59 Å². The number of ether oxygens (including phenoxy) is 1. The lowest BCUT2D eigenvalue weighted by atomic mass is 10.1. The molecule has 1 fully saturated rings. The van der Waals surface area contributed by atoms with Crippen molar-refractivity contribution in [1.29, 1.82) is 0 Å². The van der Waals surface area contributed by atoms with Crippen molar-refractivity contribution >= 4 is 11.8 Å². The van der Waals surface area contributed by atoms with Crippen LogP contribution in [0.4, 0.5) is 8.78 Å². The molecule has 1 unspecified atom stereocenters. The molecule has 7 heteroatoms. The SMILES string of the molecule is CC(NC(=O)c1cccc(F)c1F)C(=O)N1CCOCC1. The number of nitrogens with one attached hydrogen (secondary N) is 1. The molecule has 114 valence electrons. The lowest BCUT2D eigenvalue weighted by Gasteiger charge is -2.29. The van der Waals surface area contributed by atoms with Crippen molar-refractivity contribution in [3.05, 3.63) is 35.4 Å². The third-order valence-electron chi connectivity index (χ3n) is 3.24. The minimum atomic E-state index is -1.22. The van der Waals surface area contributed by atoms with E-state index in [1.54, 1.807) is 4.90 Å². The van der Waals surface area contributed by atoms with Crippen LogP contribution in [-0.4, -0.2) is 49.1 Å². The Labute approximate surface area is 120 Å². The Kier molecular flexibility index (Phi) is 4.85. The van der Waals surface area contributed by atoms with Gasteiger partial charge in [-0.1, -0.05) is 6.07 Å². The monoisotopic (exact) mass is 298 g/mol. The molecule has 0 aliphatic carbocycles. The molecule has 1 N–H and O–H groups in total. The van der Waals surface area contributed by atoms with Crippen LogP contribution in [-0.2, 0) is 9.53 Å². The molecule has 1 heterocycles. The van der Waals surface area contributed by atoms with Crippen molar-refractivity contribution in [1.82, 2.24) is 10.2 Å². The predicted molar refractivity (Wildman–Crippen MR) is 70.7 cm³/mol. The van der Waals surface area contributed by atoms with Gasteiger partial charge >= 0.3 is 0 Å². The van der Waals surface area contributed by atoms with Gasteiger partial charge in [0.15, 0.2) is 11.6 Å². The molecule has 21 heavy (non-hydrogen) atoms. The molecule has 0 saturated carbocycles. The smallest absolute Gasteiger partial charge is 0.255 e. The molecular weight excluding hydrogens is 282 g/mol. The molecule has 1 aliphatic heterocycles. The first-order valence-corrected chi connectivity index (χ1v) is 6.62. The summed E-state index contributed by atoms with van der Waals surface area (Å²) in [5.41, 5.74) is -0.420. The first-order chi connectivity index (χ1) is 10.0. The first-order valence-electron chi connectivity index (χ1n) is 6.62. The van der Waals surface area contributed by atoms with E-state index in [0.29, 0.717) is 26.3 Å². The van der Waals surface area contributed by atoms with Gasteiger partial charge in [0.1, 0.15) is 6.04 Å². The highest BCUT2D eigenvalue weighted by atomic mass is 19.2. The largest absolute Gasteiger partial charge is 0.378 e. The second kappa shape index (κ2) is 6.62. The van der Waals surface area contributed by atoms with Crippen LogP contribution in [0.5, 0.6) is 0 Å².